The lowest BCUT2D eigenvalue weighted by molar-refractivity contribution is -0.139. The summed E-state index contributed by atoms with van der Waals surface area (Å²) in [6.07, 6.45) is 1.02. The van der Waals surface area contributed by atoms with E-state index in [0.717, 1.165) is 0 Å². The maximum atomic E-state index is 9.90. The highest BCUT2D eigenvalue weighted by Crippen LogP contribution is 1.98. The van der Waals surface area contributed by atoms with Gasteiger partial charge in [0.25, 0.3) is 0 Å². The van der Waals surface area contributed by atoms with Crippen LogP contribution in [-0.4, -0.2) is 29.2 Å². The Labute approximate surface area is 71.2 Å². The van der Waals surface area contributed by atoms with Crippen LogP contribution >= 0.6 is 0 Å². The van der Waals surface area contributed by atoms with E-state index in [4.69, 9.17) is 10.2 Å². The van der Waals surface area contributed by atoms with Crippen molar-refractivity contribution >= 4 is 11.9 Å². The van der Waals surface area contributed by atoms with Gasteiger partial charge in [-0.1, -0.05) is 0 Å². The highest BCUT2D eigenvalue weighted by atomic mass is 16.4. The minimum atomic E-state index is -0.870. The maximum absolute atomic E-state index is 9.90. The van der Waals surface area contributed by atoms with E-state index in [1.807, 2.05) is 0 Å². The van der Waals surface area contributed by atoms with Gasteiger partial charge in [0.05, 0.1) is 0 Å². The molecule has 0 unspecified atom stereocenters. The lowest BCUT2D eigenvalue weighted by atomic mass is 10.2. The molecule has 0 aromatic heterocycles. The third-order valence-corrected chi connectivity index (χ3v) is 1.03. The Kier molecular flexibility index (Phi) is 11.1. The van der Waals surface area contributed by atoms with Crippen molar-refractivity contribution in [2.75, 3.05) is 7.05 Å². The van der Waals surface area contributed by atoms with Crippen LogP contribution in [0.3, 0.4) is 0 Å². The molecule has 0 aromatic carbocycles. The van der Waals surface area contributed by atoms with Gasteiger partial charge in [-0.2, -0.15) is 0 Å². The fourth-order valence-corrected chi connectivity index (χ4v) is 0.552. The molecule has 5 nitrogen and oxygen atoms in total. The highest BCUT2D eigenvalue weighted by Gasteiger charge is 1.99. The first-order valence-electron chi connectivity index (χ1n) is 3.64. The summed E-state index contributed by atoms with van der Waals surface area (Å²) in [4.78, 5) is 19.8. The first kappa shape index (κ1) is 13.5. The molecule has 0 aromatic rings. The number of unbranched alkanes of at least 4 members (excludes halogenated alkanes) is 1. The molecule has 0 bridgehead atoms. The summed E-state index contributed by atoms with van der Waals surface area (Å²) in [7, 11) is 1.50. The van der Waals surface area contributed by atoms with Crippen molar-refractivity contribution in [3.8, 4) is 0 Å². The quantitative estimate of drug-likeness (QED) is 0.524. The van der Waals surface area contributed by atoms with E-state index in [1.165, 1.54) is 7.05 Å². The SMILES string of the molecule is CN.O=C(O)CCCCC(=O)O. The Morgan fingerprint density at radius 2 is 1.25 bits per heavy atom. The van der Waals surface area contributed by atoms with Crippen LogP contribution < -0.4 is 5.73 Å². The number of carbonyl (C=O) groups is 2. The fourth-order valence-electron chi connectivity index (χ4n) is 0.552. The van der Waals surface area contributed by atoms with E-state index in [9.17, 15) is 9.59 Å². The fraction of sp³-hybridized carbons (Fsp3) is 0.714. The summed E-state index contributed by atoms with van der Waals surface area (Å²) in [6, 6.07) is 0. The Bertz CT molecular complexity index is 119. The first-order chi connectivity index (χ1) is 5.63. The second-order valence-corrected chi connectivity index (χ2v) is 1.99. The number of hydrogen-bond acceptors (Lipinski definition) is 3. The number of aliphatic carboxylic acids is 2. The topological polar surface area (TPSA) is 101 Å². The van der Waals surface area contributed by atoms with Gasteiger partial charge in [0.15, 0.2) is 0 Å². The predicted octanol–water partition coefficient (Wildman–Crippen LogP) is 0.291. The largest absolute Gasteiger partial charge is 0.481 e. The third kappa shape index (κ3) is 16.0. The standard InChI is InChI=1S/C6H10O4.CH5N/c7-5(8)3-1-2-4-6(9)10;1-2/h1-4H2,(H,7,8)(H,9,10);2H2,1H3. The van der Waals surface area contributed by atoms with Gasteiger partial charge in [0.1, 0.15) is 0 Å². The van der Waals surface area contributed by atoms with Crippen molar-refractivity contribution in [3.05, 3.63) is 0 Å². The van der Waals surface area contributed by atoms with Crippen LogP contribution in [-0.2, 0) is 9.59 Å². The Balaban J connectivity index is 0. The van der Waals surface area contributed by atoms with Gasteiger partial charge in [0.2, 0.25) is 0 Å². The smallest absolute Gasteiger partial charge is 0.303 e. The number of rotatable bonds is 5. The van der Waals surface area contributed by atoms with E-state index in [0.29, 0.717) is 12.8 Å². The highest BCUT2D eigenvalue weighted by molar-refractivity contribution is 5.67. The van der Waals surface area contributed by atoms with E-state index >= 15 is 0 Å². The summed E-state index contributed by atoms with van der Waals surface area (Å²) >= 11 is 0. The molecule has 0 heterocycles. The van der Waals surface area contributed by atoms with E-state index in [1.54, 1.807) is 0 Å². The molecule has 0 aliphatic carbocycles. The Morgan fingerprint density at radius 1 is 1.00 bits per heavy atom. The average Bonchev–Trinajstić information content (AvgIpc) is 2.02. The lowest BCUT2D eigenvalue weighted by Gasteiger charge is -1.92. The molecule has 0 fully saturated rings. The van der Waals surface area contributed by atoms with Crippen LogP contribution in [0.2, 0.25) is 0 Å². The van der Waals surface area contributed by atoms with Crippen molar-refractivity contribution in [3.63, 3.8) is 0 Å². The second kappa shape index (κ2) is 9.90. The van der Waals surface area contributed by atoms with Gasteiger partial charge < -0.3 is 15.9 Å². The molecule has 0 saturated carbocycles. The zero-order valence-corrected chi connectivity index (χ0v) is 7.12. The van der Waals surface area contributed by atoms with Crippen LogP contribution in [0.15, 0.2) is 0 Å². The molecule has 0 amide bonds. The van der Waals surface area contributed by atoms with Crippen LogP contribution in [0.25, 0.3) is 0 Å². The molecule has 0 rings (SSSR count). The molecule has 12 heavy (non-hydrogen) atoms. The minimum Gasteiger partial charge on any atom is -0.481 e. The van der Waals surface area contributed by atoms with Crippen molar-refractivity contribution in [2.45, 2.75) is 25.7 Å². The molecule has 0 atom stereocenters. The number of carboxylic acid groups (broad SMARTS) is 2. The molecule has 5 heteroatoms. The monoisotopic (exact) mass is 177 g/mol. The number of hydrogen-bond donors (Lipinski definition) is 3. The Hall–Kier alpha value is -1.10. The summed E-state index contributed by atoms with van der Waals surface area (Å²) in [5, 5.41) is 16.3. The average molecular weight is 177 g/mol. The molecular formula is C7H15NO4. The molecule has 0 radical (unpaired) electrons. The van der Waals surface area contributed by atoms with E-state index in [-0.39, 0.29) is 12.8 Å². The Morgan fingerprint density at radius 3 is 1.42 bits per heavy atom. The molecule has 0 aliphatic heterocycles. The van der Waals surface area contributed by atoms with Crippen molar-refractivity contribution in [2.24, 2.45) is 5.73 Å². The molecule has 72 valence electrons. The summed E-state index contributed by atoms with van der Waals surface area (Å²) in [5.74, 6) is -1.74. The zero-order valence-electron chi connectivity index (χ0n) is 7.12. The molecule has 0 aliphatic rings. The third-order valence-electron chi connectivity index (χ3n) is 1.03. The van der Waals surface area contributed by atoms with E-state index < -0.39 is 11.9 Å². The van der Waals surface area contributed by atoms with E-state index in [2.05, 4.69) is 5.73 Å². The zero-order chi connectivity index (χ0) is 9.98. The van der Waals surface area contributed by atoms with Gasteiger partial charge in [-0.25, -0.2) is 0 Å². The van der Waals surface area contributed by atoms with Gasteiger partial charge >= 0.3 is 11.9 Å². The van der Waals surface area contributed by atoms with Crippen LogP contribution in [0.5, 0.6) is 0 Å². The summed E-state index contributed by atoms with van der Waals surface area (Å²) < 4.78 is 0. The van der Waals surface area contributed by atoms with Gasteiger partial charge in [-0.05, 0) is 19.9 Å². The summed E-state index contributed by atoms with van der Waals surface area (Å²) in [5.41, 5.74) is 4.50. The predicted molar refractivity (Wildman–Crippen MR) is 43.9 cm³/mol. The molecule has 0 saturated heterocycles. The van der Waals surface area contributed by atoms with Gasteiger partial charge in [-0.3, -0.25) is 9.59 Å². The molecular weight excluding hydrogens is 162 g/mol. The van der Waals surface area contributed by atoms with Gasteiger partial charge in [0, 0.05) is 12.8 Å². The minimum absolute atomic E-state index is 0.0628. The first-order valence-corrected chi connectivity index (χ1v) is 3.64. The molecule has 4 N–H and O–H groups in total. The second-order valence-electron chi connectivity index (χ2n) is 1.99. The molecule has 0 spiro atoms. The number of carboxylic acids is 2. The van der Waals surface area contributed by atoms with Crippen LogP contribution in [0, 0.1) is 0 Å². The van der Waals surface area contributed by atoms with Crippen molar-refractivity contribution in [1.82, 2.24) is 0 Å². The normalized spacial score (nSPS) is 8.17. The number of nitrogens with two attached hydrogens (primary N) is 1. The van der Waals surface area contributed by atoms with Crippen molar-refractivity contribution in [1.29, 1.82) is 0 Å². The summed E-state index contributed by atoms with van der Waals surface area (Å²) in [6.45, 7) is 0. The maximum Gasteiger partial charge on any atom is 0.303 e. The lowest BCUT2D eigenvalue weighted by Crippen LogP contribution is -1.97. The van der Waals surface area contributed by atoms with Crippen molar-refractivity contribution < 1.29 is 19.8 Å². The van der Waals surface area contributed by atoms with Crippen LogP contribution in [0.1, 0.15) is 25.7 Å². The van der Waals surface area contributed by atoms with Gasteiger partial charge in [-0.15, -0.1) is 0 Å². The van der Waals surface area contributed by atoms with Crippen LogP contribution in [0.4, 0.5) is 0 Å².